The number of benzene rings is 1. The lowest BCUT2D eigenvalue weighted by molar-refractivity contribution is 0.321. The van der Waals surface area contributed by atoms with Gasteiger partial charge in [0.05, 0.1) is 18.8 Å². The number of guanidine groups is 1. The van der Waals surface area contributed by atoms with E-state index >= 15 is 0 Å². The van der Waals surface area contributed by atoms with Crippen LogP contribution in [0.25, 0.3) is 0 Å². The third-order valence-electron chi connectivity index (χ3n) is 3.25. The Bertz CT molecular complexity index is 626. The fourth-order valence-electron chi connectivity index (χ4n) is 2.25. The summed E-state index contributed by atoms with van der Waals surface area (Å²) in [6, 6.07) is 12.1. The first-order chi connectivity index (χ1) is 11.2. The highest BCUT2D eigenvalue weighted by Crippen LogP contribution is 2.15. The van der Waals surface area contributed by atoms with Gasteiger partial charge in [-0.1, -0.05) is 12.1 Å². The van der Waals surface area contributed by atoms with Crippen LogP contribution in [0, 0.1) is 13.8 Å². The van der Waals surface area contributed by atoms with Crippen LogP contribution in [-0.4, -0.2) is 31.1 Å². The number of nitrogens with one attached hydrogen (secondary N) is 2. The van der Waals surface area contributed by atoms with E-state index in [0.717, 1.165) is 17.4 Å². The van der Waals surface area contributed by atoms with Crippen molar-refractivity contribution in [2.24, 2.45) is 4.99 Å². The van der Waals surface area contributed by atoms with Crippen LogP contribution in [0.15, 0.2) is 47.6 Å². The molecule has 0 aliphatic carbocycles. The van der Waals surface area contributed by atoms with Crippen LogP contribution in [0.1, 0.15) is 16.8 Å². The lowest BCUT2D eigenvalue weighted by Gasteiger charge is -2.13. The molecule has 0 aliphatic rings. The van der Waals surface area contributed by atoms with E-state index < -0.39 is 0 Å². The van der Waals surface area contributed by atoms with Gasteiger partial charge in [0, 0.05) is 13.2 Å². The van der Waals surface area contributed by atoms with E-state index in [4.69, 9.17) is 4.74 Å². The number of ether oxygens (including phenoxy) is 1. The van der Waals surface area contributed by atoms with E-state index in [1.807, 2.05) is 30.3 Å². The predicted octanol–water partition coefficient (Wildman–Crippen LogP) is 3.06. The Labute approximate surface area is 161 Å². The van der Waals surface area contributed by atoms with Crippen LogP contribution in [0.5, 0.6) is 5.75 Å². The molecule has 2 rings (SSSR count). The average molecular weight is 440 g/mol. The number of hydrogen-bond donors (Lipinski definition) is 2. The summed E-state index contributed by atoms with van der Waals surface area (Å²) in [7, 11) is 1.75. The molecule has 1 aromatic heterocycles. The Morgan fingerprint density at radius 3 is 2.50 bits per heavy atom. The number of nitrogens with zero attached hydrogens (tertiary/aromatic N) is 2. The van der Waals surface area contributed by atoms with Gasteiger partial charge >= 0.3 is 0 Å². The second-order valence-electron chi connectivity index (χ2n) is 5.35. The van der Waals surface area contributed by atoms with Crippen LogP contribution in [0.3, 0.4) is 0 Å². The Morgan fingerprint density at radius 1 is 1.12 bits per heavy atom. The van der Waals surface area contributed by atoms with Gasteiger partial charge < -0.3 is 15.4 Å². The first-order valence-electron chi connectivity index (χ1n) is 7.73. The summed E-state index contributed by atoms with van der Waals surface area (Å²) in [5.74, 6) is 1.64. The Balaban J connectivity index is 0.00000288. The number of halogens is 1. The molecule has 1 aromatic carbocycles. The van der Waals surface area contributed by atoms with Gasteiger partial charge in [-0.15, -0.1) is 24.0 Å². The highest BCUT2D eigenvalue weighted by Gasteiger charge is 2.00. The number of aliphatic imine (C=N–C) groups is 1. The number of rotatable bonds is 6. The minimum atomic E-state index is 0. The van der Waals surface area contributed by atoms with Gasteiger partial charge in [-0.25, -0.2) is 0 Å². The topological polar surface area (TPSA) is 58.5 Å². The summed E-state index contributed by atoms with van der Waals surface area (Å²) >= 11 is 0. The molecule has 6 heteroatoms. The van der Waals surface area contributed by atoms with Gasteiger partial charge in [0.15, 0.2) is 5.96 Å². The van der Waals surface area contributed by atoms with Gasteiger partial charge in [0.1, 0.15) is 12.4 Å². The highest BCUT2D eigenvalue weighted by molar-refractivity contribution is 14.0. The zero-order valence-electron chi connectivity index (χ0n) is 14.4. The third kappa shape index (κ3) is 7.16. The molecule has 0 aliphatic heterocycles. The van der Waals surface area contributed by atoms with Crippen LogP contribution in [-0.2, 0) is 6.54 Å². The molecule has 0 amide bonds. The first-order valence-corrected chi connectivity index (χ1v) is 7.73. The van der Waals surface area contributed by atoms with E-state index in [2.05, 4.69) is 40.5 Å². The zero-order valence-corrected chi connectivity index (χ0v) is 16.7. The Kier molecular flexibility index (Phi) is 9.14. The van der Waals surface area contributed by atoms with Gasteiger partial charge in [-0.2, -0.15) is 0 Å². The van der Waals surface area contributed by atoms with E-state index in [1.54, 1.807) is 13.2 Å². The summed E-state index contributed by atoms with van der Waals surface area (Å²) in [4.78, 5) is 8.45. The smallest absolute Gasteiger partial charge is 0.191 e. The molecule has 130 valence electrons. The minimum Gasteiger partial charge on any atom is -0.492 e. The molecule has 0 atom stereocenters. The maximum absolute atomic E-state index is 5.77. The molecule has 24 heavy (non-hydrogen) atoms. The van der Waals surface area contributed by atoms with E-state index in [-0.39, 0.29) is 24.0 Å². The number of hydrogen-bond acceptors (Lipinski definition) is 3. The number of aryl methyl sites for hydroxylation is 2. The summed E-state index contributed by atoms with van der Waals surface area (Å²) in [5, 5.41) is 6.45. The quantitative estimate of drug-likeness (QED) is 0.314. The van der Waals surface area contributed by atoms with Gasteiger partial charge in [0.25, 0.3) is 0 Å². The van der Waals surface area contributed by atoms with E-state index in [9.17, 15) is 0 Å². The number of aromatic nitrogens is 1. The fourth-order valence-corrected chi connectivity index (χ4v) is 2.25. The van der Waals surface area contributed by atoms with Crippen molar-refractivity contribution in [2.45, 2.75) is 20.4 Å². The summed E-state index contributed by atoms with van der Waals surface area (Å²) in [5.41, 5.74) is 3.39. The van der Waals surface area contributed by atoms with Gasteiger partial charge in [-0.05, 0) is 49.2 Å². The molecule has 0 fully saturated rings. The van der Waals surface area contributed by atoms with Crippen molar-refractivity contribution in [1.82, 2.24) is 15.6 Å². The molecular formula is C18H25IN4O. The normalized spacial score (nSPS) is 10.7. The summed E-state index contributed by atoms with van der Waals surface area (Å²) in [6.45, 7) is 6.03. The molecule has 2 N–H and O–H groups in total. The molecule has 0 spiro atoms. The summed E-state index contributed by atoms with van der Waals surface area (Å²) in [6.07, 6.45) is 1.78. The molecule has 0 unspecified atom stereocenters. The second kappa shape index (κ2) is 10.9. The molecular weight excluding hydrogens is 415 g/mol. The van der Waals surface area contributed by atoms with Crippen LogP contribution >= 0.6 is 24.0 Å². The van der Waals surface area contributed by atoms with Crippen LogP contribution in [0.2, 0.25) is 0 Å². The fraction of sp³-hybridized carbons (Fsp3) is 0.333. The van der Waals surface area contributed by atoms with Crippen molar-refractivity contribution in [3.8, 4) is 5.75 Å². The zero-order chi connectivity index (χ0) is 16.5. The van der Waals surface area contributed by atoms with E-state index in [1.165, 1.54) is 11.1 Å². The Morgan fingerprint density at radius 2 is 1.88 bits per heavy atom. The van der Waals surface area contributed by atoms with E-state index in [0.29, 0.717) is 19.7 Å². The maximum Gasteiger partial charge on any atom is 0.191 e. The molecule has 0 radical (unpaired) electrons. The van der Waals surface area contributed by atoms with Crippen molar-refractivity contribution in [1.29, 1.82) is 0 Å². The molecule has 5 nitrogen and oxygen atoms in total. The van der Waals surface area contributed by atoms with Crippen molar-refractivity contribution in [2.75, 3.05) is 20.2 Å². The standard InChI is InChI=1S/C18H24N4O.HI/c1-14-10-15(2)12-17(11-14)23-9-8-21-18(19-3)22-13-16-6-4-5-7-20-16;/h4-7,10-12H,8-9,13H2,1-3H3,(H2,19,21,22);1H. The van der Waals surface area contributed by atoms with Gasteiger partial charge in [0.2, 0.25) is 0 Å². The highest BCUT2D eigenvalue weighted by atomic mass is 127. The summed E-state index contributed by atoms with van der Waals surface area (Å²) < 4.78 is 5.77. The second-order valence-corrected chi connectivity index (χ2v) is 5.35. The third-order valence-corrected chi connectivity index (χ3v) is 3.25. The SMILES string of the molecule is CN=C(NCCOc1cc(C)cc(C)c1)NCc1ccccn1.I. The molecule has 0 bridgehead atoms. The molecule has 1 heterocycles. The van der Waals surface area contributed by atoms with Crippen molar-refractivity contribution in [3.63, 3.8) is 0 Å². The molecule has 0 saturated heterocycles. The maximum atomic E-state index is 5.77. The minimum absolute atomic E-state index is 0. The lowest BCUT2D eigenvalue weighted by Crippen LogP contribution is -2.39. The van der Waals surface area contributed by atoms with Crippen LogP contribution in [0.4, 0.5) is 0 Å². The van der Waals surface area contributed by atoms with Gasteiger partial charge in [-0.3, -0.25) is 9.98 Å². The molecule has 0 saturated carbocycles. The Hall–Kier alpha value is -1.83. The molecule has 2 aromatic rings. The monoisotopic (exact) mass is 440 g/mol. The lowest BCUT2D eigenvalue weighted by atomic mass is 10.1. The average Bonchev–Trinajstić information content (AvgIpc) is 2.54. The van der Waals surface area contributed by atoms with Crippen molar-refractivity contribution < 1.29 is 4.74 Å². The van der Waals surface area contributed by atoms with Crippen LogP contribution < -0.4 is 15.4 Å². The number of pyridine rings is 1. The van der Waals surface area contributed by atoms with Crippen molar-refractivity contribution >= 4 is 29.9 Å². The van der Waals surface area contributed by atoms with Crippen molar-refractivity contribution in [3.05, 3.63) is 59.4 Å². The largest absolute Gasteiger partial charge is 0.492 e. The first kappa shape index (κ1) is 20.2. The predicted molar refractivity (Wildman–Crippen MR) is 109 cm³/mol.